The second kappa shape index (κ2) is 8.50. The number of carbonyl (C=O) groups excluding carboxylic acids is 3. The monoisotopic (exact) mass is 380 g/mol. The Hall–Kier alpha value is -2.57. The van der Waals surface area contributed by atoms with Gasteiger partial charge in [-0.3, -0.25) is 9.59 Å². The molecule has 0 unspecified atom stereocenters. The molecule has 0 aliphatic rings. The van der Waals surface area contributed by atoms with Gasteiger partial charge in [0.2, 0.25) is 0 Å². The quantitative estimate of drug-likeness (QED) is 0.780. The molecule has 0 spiro atoms. The Morgan fingerprint density at radius 1 is 1.04 bits per heavy atom. The number of carbonyl (C=O) groups is 3. The Balaban J connectivity index is 1.97. The van der Waals surface area contributed by atoms with Crippen LogP contribution in [-0.4, -0.2) is 31.4 Å². The van der Waals surface area contributed by atoms with E-state index in [1.165, 1.54) is 25.2 Å². The Labute approximate surface area is 154 Å². The van der Waals surface area contributed by atoms with E-state index < -0.39 is 18.5 Å². The first-order valence-corrected chi connectivity index (χ1v) is 7.91. The van der Waals surface area contributed by atoms with Gasteiger partial charge in [0.05, 0.1) is 15.6 Å². The summed E-state index contributed by atoms with van der Waals surface area (Å²) in [4.78, 5) is 35.5. The molecule has 0 atom stereocenters. The zero-order valence-electron chi connectivity index (χ0n) is 13.1. The first-order chi connectivity index (χ1) is 11.9. The van der Waals surface area contributed by atoms with Crippen molar-refractivity contribution in [2.24, 2.45) is 0 Å². The van der Waals surface area contributed by atoms with Crippen molar-refractivity contribution in [3.8, 4) is 0 Å². The molecular weight excluding hydrogens is 367 g/mol. The number of hydrogen-bond donors (Lipinski definition) is 2. The third kappa shape index (κ3) is 4.95. The van der Waals surface area contributed by atoms with Crippen LogP contribution in [0.1, 0.15) is 20.7 Å². The van der Waals surface area contributed by atoms with Gasteiger partial charge in [-0.25, -0.2) is 4.79 Å². The van der Waals surface area contributed by atoms with Gasteiger partial charge < -0.3 is 15.4 Å². The summed E-state index contributed by atoms with van der Waals surface area (Å²) in [6.45, 7) is -0.523. The fourth-order valence-corrected chi connectivity index (χ4v) is 2.53. The smallest absolute Gasteiger partial charge is 0.341 e. The number of nitrogens with one attached hydrogen (secondary N) is 2. The minimum Gasteiger partial charge on any atom is -0.452 e. The summed E-state index contributed by atoms with van der Waals surface area (Å²) in [7, 11) is 1.51. The normalized spacial score (nSPS) is 10.0. The second-order valence-corrected chi connectivity index (χ2v) is 5.70. The Morgan fingerprint density at radius 3 is 2.32 bits per heavy atom. The number of halogens is 2. The van der Waals surface area contributed by atoms with Crippen molar-refractivity contribution in [1.29, 1.82) is 0 Å². The maximum Gasteiger partial charge on any atom is 0.341 e. The topological polar surface area (TPSA) is 84.5 Å². The van der Waals surface area contributed by atoms with Crippen LogP contribution in [-0.2, 0) is 9.53 Å². The molecule has 0 aliphatic heterocycles. The molecule has 25 heavy (non-hydrogen) atoms. The summed E-state index contributed by atoms with van der Waals surface area (Å²) in [6.07, 6.45) is 0. The number of benzene rings is 2. The van der Waals surface area contributed by atoms with Crippen LogP contribution in [0, 0.1) is 0 Å². The molecule has 0 aliphatic carbocycles. The average molecular weight is 381 g/mol. The summed E-state index contributed by atoms with van der Waals surface area (Å²) < 4.78 is 4.92. The lowest BCUT2D eigenvalue weighted by Crippen LogP contribution is -2.22. The predicted molar refractivity (Wildman–Crippen MR) is 95.2 cm³/mol. The van der Waals surface area contributed by atoms with Gasteiger partial charge in [-0.2, -0.15) is 0 Å². The Morgan fingerprint density at radius 2 is 1.68 bits per heavy atom. The number of amides is 2. The summed E-state index contributed by atoms with van der Waals surface area (Å²) in [5.74, 6) is -1.65. The van der Waals surface area contributed by atoms with E-state index in [-0.39, 0.29) is 21.5 Å². The third-order valence-corrected chi connectivity index (χ3v) is 3.77. The molecular formula is C17H14Cl2N2O4. The number of ether oxygens (including phenoxy) is 1. The van der Waals surface area contributed by atoms with Gasteiger partial charge >= 0.3 is 5.97 Å². The minimum absolute atomic E-state index is 0.000229. The van der Waals surface area contributed by atoms with Gasteiger partial charge in [0, 0.05) is 18.3 Å². The lowest BCUT2D eigenvalue weighted by atomic mass is 10.2. The highest BCUT2D eigenvalue weighted by Gasteiger charge is 2.17. The molecule has 130 valence electrons. The highest BCUT2D eigenvalue weighted by Crippen LogP contribution is 2.24. The molecule has 8 heteroatoms. The molecule has 2 rings (SSSR count). The molecule has 0 fully saturated rings. The average Bonchev–Trinajstić information content (AvgIpc) is 2.59. The van der Waals surface area contributed by atoms with Crippen molar-refractivity contribution in [3.05, 3.63) is 63.6 Å². The fourth-order valence-electron chi connectivity index (χ4n) is 1.98. The molecule has 0 saturated carbocycles. The Bertz CT molecular complexity index is 804. The first kappa shape index (κ1) is 18.8. The number of hydrogen-bond acceptors (Lipinski definition) is 4. The summed E-state index contributed by atoms with van der Waals surface area (Å²) in [5.41, 5.74) is 0.790. The molecule has 0 bridgehead atoms. The zero-order valence-corrected chi connectivity index (χ0v) is 14.6. The molecule has 0 aromatic heterocycles. The van der Waals surface area contributed by atoms with E-state index in [0.717, 1.165) is 0 Å². The van der Waals surface area contributed by atoms with E-state index >= 15 is 0 Å². The molecule has 2 aromatic rings. The molecule has 2 amide bonds. The van der Waals surface area contributed by atoms with Crippen LogP contribution in [0.3, 0.4) is 0 Å². The summed E-state index contributed by atoms with van der Waals surface area (Å²) in [6, 6.07) is 10.9. The molecule has 2 N–H and O–H groups in total. The molecule has 0 radical (unpaired) electrons. The van der Waals surface area contributed by atoms with E-state index in [1.807, 2.05) is 0 Å². The molecule has 0 heterocycles. The van der Waals surface area contributed by atoms with Gasteiger partial charge in [-0.15, -0.1) is 0 Å². The van der Waals surface area contributed by atoms with Crippen LogP contribution in [0.25, 0.3) is 0 Å². The highest BCUT2D eigenvalue weighted by molar-refractivity contribution is 6.39. The second-order valence-electron chi connectivity index (χ2n) is 4.88. The third-order valence-electron chi connectivity index (χ3n) is 3.14. The van der Waals surface area contributed by atoms with Crippen molar-refractivity contribution < 1.29 is 19.1 Å². The highest BCUT2D eigenvalue weighted by atomic mass is 35.5. The van der Waals surface area contributed by atoms with E-state index in [0.29, 0.717) is 11.3 Å². The van der Waals surface area contributed by atoms with Crippen LogP contribution in [0.5, 0.6) is 0 Å². The van der Waals surface area contributed by atoms with Crippen LogP contribution in [0.2, 0.25) is 10.0 Å². The van der Waals surface area contributed by atoms with Gasteiger partial charge in [-0.05, 0) is 30.3 Å². The minimum atomic E-state index is -0.801. The van der Waals surface area contributed by atoms with Gasteiger partial charge in [-0.1, -0.05) is 35.3 Å². The summed E-state index contributed by atoms with van der Waals surface area (Å²) >= 11 is 11.8. The lowest BCUT2D eigenvalue weighted by molar-refractivity contribution is -0.119. The maximum atomic E-state index is 12.0. The standard InChI is InChI=1S/C17H14Cl2N2O4/c1-20-16(23)10-4-2-5-11(8-10)21-14(22)9-25-17(24)15-12(18)6-3-7-13(15)19/h2-8H,9H2,1H3,(H,20,23)(H,21,22). The molecule has 0 saturated heterocycles. The van der Waals surface area contributed by atoms with Gasteiger partial charge in [0.1, 0.15) is 0 Å². The van der Waals surface area contributed by atoms with Crippen molar-refractivity contribution in [2.45, 2.75) is 0 Å². The van der Waals surface area contributed by atoms with E-state index in [1.54, 1.807) is 24.3 Å². The number of anilines is 1. The van der Waals surface area contributed by atoms with Crippen molar-refractivity contribution in [2.75, 3.05) is 19.0 Å². The van der Waals surface area contributed by atoms with Gasteiger partial charge in [0.25, 0.3) is 11.8 Å². The first-order valence-electron chi connectivity index (χ1n) is 7.15. The van der Waals surface area contributed by atoms with Gasteiger partial charge in [0.15, 0.2) is 6.61 Å². The molecule has 2 aromatic carbocycles. The van der Waals surface area contributed by atoms with Crippen LogP contribution >= 0.6 is 23.2 Å². The van der Waals surface area contributed by atoms with Crippen molar-refractivity contribution >= 4 is 46.7 Å². The van der Waals surface area contributed by atoms with Crippen LogP contribution in [0.15, 0.2) is 42.5 Å². The van der Waals surface area contributed by atoms with Crippen molar-refractivity contribution in [3.63, 3.8) is 0 Å². The van der Waals surface area contributed by atoms with E-state index in [2.05, 4.69) is 10.6 Å². The lowest BCUT2D eigenvalue weighted by Gasteiger charge is -2.09. The number of rotatable bonds is 5. The van der Waals surface area contributed by atoms with Crippen LogP contribution in [0.4, 0.5) is 5.69 Å². The van der Waals surface area contributed by atoms with E-state index in [4.69, 9.17) is 27.9 Å². The molecule has 6 nitrogen and oxygen atoms in total. The Kier molecular flexibility index (Phi) is 6.38. The number of esters is 1. The predicted octanol–water partition coefficient (Wildman–Crippen LogP) is 3.15. The van der Waals surface area contributed by atoms with Crippen molar-refractivity contribution in [1.82, 2.24) is 5.32 Å². The zero-order chi connectivity index (χ0) is 18.4. The fraction of sp³-hybridized carbons (Fsp3) is 0.118. The van der Waals surface area contributed by atoms with E-state index in [9.17, 15) is 14.4 Å². The SMILES string of the molecule is CNC(=O)c1cccc(NC(=O)COC(=O)c2c(Cl)cccc2Cl)c1. The summed E-state index contributed by atoms with van der Waals surface area (Å²) in [5, 5.41) is 5.29. The van der Waals surface area contributed by atoms with Crippen LogP contribution < -0.4 is 10.6 Å². The maximum absolute atomic E-state index is 12.0. The largest absolute Gasteiger partial charge is 0.452 e.